The minimum atomic E-state index is -4.47. The molecule has 0 spiro atoms. The first kappa shape index (κ1) is 37.1. The number of carbonyl (C=O) groups excluding carboxylic acids is 2. The van der Waals surface area contributed by atoms with Gasteiger partial charge in [-0.15, -0.1) is 0 Å². The lowest BCUT2D eigenvalue weighted by Gasteiger charge is -2.34. The number of benzene rings is 4. The highest BCUT2D eigenvalue weighted by Crippen LogP contribution is 2.37. The van der Waals surface area contributed by atoms with E-state index in [1.54, 1.807) is 6.07 Å². The number of hydrogen-bond acceptors (Lipinski definition) is 7. The number of halogens is 1. The van der Waals surface area contributed by atoms with Gasteiger partial charge in [0.2, 0.25) is 11.8 Å². The maximum absolute atomic E-state index is 14.7. The van der Waals surface area contributed by atoms with Crippen molar-refractivity contribution in [3.8, 4) is 17.2 Å². The Labute approximate surface area is 293 Å². The normalized spacial score (nSPS) is 11.7. The van der Waals surface area contributed by atoms with Crippen molar-refractivity contribution in [2.45, 2.75) is 43.7 Å². The largest absolute Gasteiger partial charge is 0.495 e. The molecule has 4 aromatic rings. The lowest BCUT2D eigenvalue weighted by Crippen LogP contribution is -2.53. The Morgan fingerprint density at radius 2 is 1.41 bits per heavy atom. The number of nitrogens with one attached hydrogen (secondary N) is 1. The Bertz CT molecular complexity index is 1810. The molecule has 0 saturated carbocycles. The van der Waals surface area contributed by atoms with Crippen LogP contribution in [0.5, 0.6) is 17.2 Å². The molecule has 12 heteroatoms. The summed E-state index contributed by atoms with van der Waals surface area (Å²) in [5, 5.41) is 3.22. The second-order valence-corrected chi connectivity index (χ2v) is 13.5. The molecule has 0 bridgehead atoms. The van der Waals surface area contributed by atoms with Gasteiger partial charge < -0.3 is 24.4 Å². The molecular weight excluding hydrogens is 666 g/mol. The van der Waals surface area contributed by atoms with Gasteiger partial charge >= 0.3 is 0 Å². The molecule has 0 aliphatic carbocycles. The number of carbonyl (C=O) groups is 2. The number of sulfonamides is 1. The van der Waals surface area contributed by atoms with E-state index in [9.17, 15) is 18.0 Å². The fourth-order valence-electron chi connectivity index (χ4n) is 5.32. The van der Waals surface area contributed by atoms with E-state index in [1.165, 1.54) is 56.6 Å². The molecule has 0 aromatic heterocycles. The van der Waals surface area contributed by atoms with Crippen LogP contribution in [0, 0.1) is 0 Å². The van der Waals surface area contributed by atoms with Crippen molar-refractivity contribution in [1.29, 1.82) is 0 Å². The van der Waals surface area contributed by atoms with E-state index in [0.717, 1.165) is 28.3 Å². The molecule has 10 nitrogen and oxygen atoms in total. The van der Waals surface area contributed by atoms with Crippen molar-refractivity contribution in [2.75, 3.05) is 38.7 Å². The maximum atomic E-state index is 14.7. The summed E-state index contributed by atoms with van der Waals surface area (Å²) in [7, 11) is -0.235. The van der Waals surface area contributed by atoms with Crippen LogP contribution in [-0.4, -0.2) is 65.6 Å². The van der Waals surface area contributed by atoms with Gasteiger partial charge in [0.1, 0.15) is 18.3 Å². The first-order chi connectivity index (χ1) is 23.6. The second kappa shape index (κ2) is 17.6. The highest BCUT2D eigenvalue weighted by Gasteiger charge is 2.36. The van der Waals surface area contributed by atoms with E-state index in [0.29, 0.717) is 12.3 Å². The Morgan fingerprint density at radius 1 is 0.796 bits per heavy atom. The zero-order valence-electron chi connectivity index (χ0n) is 28.1. The molecule has 0 heterocycles. The SMILES string of the molecule is CCCCNC(=O)C(Cc1ccccc1)N(Cc1ccccc1)C(=O)CN(c1cc(Cl)ccc1OC)S(=O)(=O)c1ccc(OC)c(OC)c1. The minimum absolute atomic E-state index is 0.0461. The van der Waals surface area contributed by atoms with Crippen molar-refractivity contribution >= 4 is 39.1 Å². The van der Waals surface area contributed by atoms with Crippen molar-refractivity contribution in [1.82, 2.24) is 10.2 Å². The second-order valence-electron chi connectivity index (χ2n) is 11.2. The van der Waals surface area contributed by atoms with Gasteiger partial charge in [-0.3, -0.25) is 13.9 Å². The molecule has 0 aliphatic heterocycles. The van der Waals surface area contributed by atoms with Crippen molar-refractivity contribution in [2.24, 2.45) is 0 Å². The van der Waals surface area contributed by atoms with Gasteiger partial charge in [0.25, 0.3) is 10.0 Å². The molecule has 2 amide bonds. The quantitative estimate of drug-likeness (QED) is 0.132. The first-order valence-electron chi connectivity index (χ1n) is 15.9. The molecule has 4 aromatic carbocycles. The van der Waals surface area contributed by atoms with Crippen molar-refractivity contribution < 1.29 is 32.2 Å². The van der Waals surface area contributed by atoms with Crippen LogP contribution >= 0.6 is 11.6 Å². The van der Waals surface area contributed by atoms with Crippen LogP contribution in [0.4, 0.5) is 5.69 Å². The number of rotatable bonds is 17. The minimum Gasteiger partial charge on any atom is -0.495 e. The van der Waals surface area contributed by atoms with E-state index in [2.05, 4.69) is 5.32 Å². The molecule has 0 fully saturated rings. The summed E-state index contributed by atoms with van der Waals surface area (Å²) in [4.78, 5) is 29.9. The van der Waals surface area contributed by atoms with Crippen LogP contribution in [0.25, 0.3) is 0 Å². The van der Waals surface area contributed by atoms with Gasteiger partial charge in [-0.2, -0.15) is 0 Å². The lowest BCUT2D eigenvalue weighted by molar-refractivity contribution is -0.140. The fraction of sp³-hybridized carbons (Fsp3) is 0.297. The van der Waals surface area contributed by atoms with Gasteiger partial charge in [-0.25, -0.2) is 8.42 Å². The molecule has 260 valence electrons. The van der Waals surface area contributed by atoms with E-state index in [1.807, 2.05) is 67.6 Å². The van der Waals surface area contributed by atoms with Gasteiger partial charge in [0.15, 0.2) is 11.5 Å². The van der Waals surface area contributed by atoms with Crippen LogP contribution < -0.4 is 23.8 Å². The predicted molar refractivity (Wildman–Crippen MR) is 191 cm³/mol. The Morgan fingerprint density at radius 3 is 2.02 bits per heavy atom. The smallest absolute Gasteiger partial charge is 0.265 e. The molecule has 4 rings (SSSR count). The van der Waals surface area contributed by atoms with E-state index < -0.39 is 28.5 Å². The maximum Gasteiger partial charge on any atom is 0.265 e. The molecule has 49 heavy (non-hydrogen) atoms. The third-order valence-corrected chi connectivity index (χ3v) is 9.92. The lowest BCUT2D eigenvalue weighted by atomic mass is 10.0. The van der Waals surface area contributed by atoms with Crippen LogP contribution in [0.1, 0.15) is 30.9 Å². The van der Waals surface area contributed by atoms with Gasteiger partial charge in [0, 0.05) is 30.6 Å². The van der Waals surface area contributed by atoms with E-state index in [4.69, 9.17) is 25.8 Å². The van der Waals surface area contributed by atoms with Crippen LogP contribution in [0.3, 0.4) is 0 Å². The monoisotopic (exact) mass is 707 g/mol. The zero-order valence-corrected chi connectivity index (χ0v) is 29.7. The van der Waals surface area contributed by atoms with E-state index >= 15 is 0 Å². The topological polar surface area (TPSA) is 114 Å². The third-order valence-electron chi connectivity index (χ3n) is 7.93. The number of anilines is 1. The zero-order chi connectivity index (χ0) is 35.4. The average molecular weight is 708 g/mol. The highest BCUT2D eigenvalue weighted by atomic mass is 35.5. The summed E-state index contributed by atoms with van der Waals surface area (Å²) in [6, 6.07) is 26.4. The summed E-state index contributed by atoms with van der Waals surface area (Å²) in [5.74, 6) is -0.256. The summed E-state index contributed by atoms with van der Waals surface area (Å²) >= 11 is 6.39. The predicted octanol–water partition coefficient (Wildman–Crippen LogP) is 6.12. The summed E-state index contributed by atoms with van der Waals surface area (Å²) in [5.41, 5.74) is 1.66. The fourth-order valence-corrected chi connectivity index (χ4v) is 6.91. The van der Waals surface area contributed by atoms with Crippen molar-refractivity contribution in [3.05, 3.63) is 113 Å². The van der Waals surface area contributed by atoms with Gasteiger partial charge in [0.05, 0.1) is 31.9 Å². The highest BCUT2D eigenvalue weighted by molar-refractivity contribution is 7.92. The molecule has 0 saturated heterocycles. The van der Waals surface area contributed by atoms with Crippen LogP contribution in [0.15, 0.2) is 102 Å². The average Bonchev–Trinajstić information content (AvgIpc) is 3.12. The molecule has 0 radical (unpaired) electrons. The first-order valence-corrected chi connectivity index (χ1v) is 17.7. The Kier molecular flexibility index (Phi) is 13.3. The Hall–Kier alpha value is -4.74. The van der Waals surface area contributed by atoms with Gasteiger partial charge in [-0.1, -0.05) is 85.6 Å². The van der Waals surface area contributed by atoms with Crippen LogP contribution in [0.2, 0.25) is 5.02 Å². The number of hydrogen-bond donors (Lipinski definition) is 1. The number of nitrogens with zero attached hydrogens (tertiary/aromatic N) is 2. The molecule has 1 N–H and O–H groups in total. The molecule has 1 unspecified atom stereocenters. The third kappa shape index (κ3) is 9.45. The summed E-state index contributed by atoms with van der Waals surface area (Å²) in [6.07, 6.45) is 1.85. The van der Waals surface area contributed by atoms with Crippen LogP contribution in [-0.2, 0) is 32.6 Å². The van der Waals surface area contributed by atoms with E-state index in [-0.39, 0.29) is 46.0 Å². The Balaban J connectivity index is 1.85. The van der Waals surface area contributed by atoms with Gasteiger partial charge in [-0.05, 0) is 47.9 Å². The molecule has 0 aliphatic rings. The summed E-state index contributed by atoms with van der Waals surface area (Å²) in [6.45, 7) is 1.84. The summed E-state index contributed by atoms with van der Waals surface area (Å²) < 4.78 is 46.3. The number of ether oxygens (including phenoxy) is 3. The molecular formula is C37H42ClN3O7S. The number of amides is 2. The van der Waals surface area contributed by atoms with Crippen molar-refractivity contribution in [3.63, 3.8) is 0 Å². The number of unbranched alkanes of at least 4 members (excludes halogenated alkanes) is 1. The molecule has 1 atom stereocenters. The standard InChI is InChI=1S/C37H42ClN3O7S/c1-5-6-21-39-37(43)32(22-27-13-9-7-10-14-27)40(25-28-15-11-8-12-16-28)36(42)26-41(31-23-29(38)17-19-33(31)46-2)49(44,45)30-18-20-34(47-3)35(24-30)48-4/h7-20,23-24,32H,5-6,21-22,25-26H2,1-4H3,(H,39,43). The number of methoxy groups -OCH3 is 3.